The van der Waals surface area contributed by atoms with Gasteiger partial charge >= 0.3 is 0 Å². The highest BCUT2D eigenvalue weighted by Gasteiger charge is 2.25. The van der Waals surface area contributed by atoms with Crippen molar-refractivity contribution in [2.45, 2.75) is 18.2 Å². The topological polar surface area (TPSA) is 42.0 Å². The molecule has 0 bridgehead atoms. The number of hydrogen-bond acceptors (Lipinski definition) is 3. The Hall–Kier alpha value is -0.650. The van der Waals surface area contributed by atoms with Gasteiger partial charge in [0.1, 0.15) is 5.52 Å². The van der Waals surface area contributed by atoms with Gasteiger partial charge in [0.25, 0.3) is 0 Å². The molecule has 0 spiro atoms. The van der Waals surface area contributed by atoms with Crippen LogP contribution in [0, 0.1) is 0 Å². The van der Waals surface area contributed by atoms with E-state index in [1.807, 2.05) is 6.07 Å². The highest BCUT2D eigenvalue weighted by atomic mass is 79.9. The highest BCUT2D eigenvalue weighted by Crippen LogP contribution is 2.33. The average molecular weight is 334 g/mol. The van der Waals surface area contributed by atoms with Crippen LogP contribution in [0.4, 0.5) is 5.69 Å². The van der Waals surface area contributed by atoms with Crippen LogP contribution in [0.3, 0.4) is 0 Å². The van der Waals surface area contributed by atoms with Crippen LogP contribution < -0.4 is 5.32 Å². The average Bonchev–Trinajstić information content (AvgIpc) is 2.68. The van der Waals surface area contributed by atoms with Crippen molar-refractivity contribution >= 4 is 60.7 Å². The van der Waals surface area contributed by atoms with Gasteiger partial charge in [-0.1, -0.05) is 27.5 Å². The molecule has 6 heteroatoms. The molecule has 0 aliphatic rings. The van der Waals surface area contributed by atoms with Crippen molar-refractivity contribution in [3.63, 3.8) is 0 Å². The number of nitrogens with one attached hydrogen (secondary N) is 1. The molecule has 1 N–H and O–H groups in total. The molecule has 0 radical (unpaired) electrons. The summed E-state index contributed by atoms with van der Waals surface area (Å²) in [5.41, 5.74) is 3.03. The molecule has 1 aromatic carbocycles. The molecule has 90 valence electrons. The lowest BCUT2D eigenvalue weighted by Crippen LogP contribution is -2.31. The third-order valence-corrected chi connectivity index (χ3v) is 3.70. The van der Waals surface area contributed by atoms with Crippen LogP contribution in [-0.4, -0.2) is 15.2 Å². The second-order valence-corrected chi connectivity index (χ2v) is 7.32. The first-order chi connectivity index (χ1) is 7.89. The Morgan fingerprint density at radius 1 is 1.53 bits per heavy atom. The van der Waals surface area contributed by atoms with Gasteiger partial charge in [0.15, 0.2) is 0 Å². The summed E-state index contributed by atoms with van der Waals surface area (Å²) in [6.07, 6.45) is 0. The first-order valence-corrected chi connectivity index (χ1v) is 6.97. The van der Waals surface area contributed by atoms with E-state index in [0.717, 1.165) is 10.2 Å². The highest BCUT2D eigenvalue weighted by molar-refractivity contribution is 9.10. The number of carbonyl (C=O) groups excluding carboxylic acids is 1. The number of thiazole rings is 1. The SMILES string of the molecule is CC(C)(Br)C(=O)Nc1c(Cl)ccc2scnc12. The molecule has 0 atom stereocenters. The Balaban J connectivity index is 2.45. The third kappa shape index (κ3) is 2.61. The normalized spacial score (nSPS) is 11.8. The molecule has 0 fully saturated rings. The number of amides is 1. The van der Waals surface area contributed by atoms with E-state index in [4.69, 9.17) is 11.6 Å². The van der Waals surface area contributed by atoms with Crippen LogP contribution in [0.1, 0.15) is 13.8 Å². The van der Waals surface area contributed by atoms with Gasteiger partial charge in [-0.25, -0.2) is 4.98 Å². The molecule has 2 rings (SSSR count). The summed E-state index contributed by atoms with van der Waals surface area (Å²) < 4.78 is 0.353. The van der Waals surface area contributed by atoms with Crippen molar-refractivity contribution in [3.8, 4) is 0 Å². The van der Waals surface area contributed by atoms with E-state index in [2.05, 4.69) is 26.2 Å². The number of carbonyl (C=O) groups is 1. The predicted octanol–water partition coefficient (Wildman–Crippen LogP) is 4.06. The van der Waals surface area contributed by atoms with Crippen LogP contribution >= 0.6 is 38.9 Å². The van der Waals surface area contributed by atoms with Gasteiger partial charge < -0.3 is 5.32 Å². The number of nitrogens with zero attached hydrogens (tertiary/aromatic N) is 1. The second-order valence-electron chi connectivity index (χ2n) is 4.05. The first kappa shape index (κ1) is 12.8. The lowest BCUT2D eigenvalue weighted by atomic mass is 10.2. The van der Waals surface area contributed by atoms with Gasteiger partial charge in [0.2, 0.25) is 5.91 Å². The van der Waals surface area contributed by atoms with Crippen molar-refractivity contribution in [1.82, 2.24) is 4.98 Å². The van der Waals surface area contributed by atoms with Gasteiger partial charge in [-0.15, -0.1) is 11.3 Å². The molecular weight excluding hydrogens is 324 g/mol. The molecule has 1 heterocycles. The Morgan fingerprint density at radius 3 is 2.88 bits per heavy atom. The minimum Gasteiger partial charge on any atom is -0.322 e. The zero-order valence-electron chi connectivity index (χ0n) is 9.25. The molecule has 0 aliphatic heterocycles. The number of benzene rings is 1. The van der Waals surface area contributed by atoms with Gasteiger partial charge in [-0.3, -0.25) is 4.79 Å². The zero-order valence-corrected chi connectivity index (χ0v) is 12.4. The molecule has 0 saturated carbocycles. The van der Waals surface area contributed by atoms with Crippen LogP contribution in [0.15, 0.2) is 17.6 Å². The lowest BCUT2D eigenvalue weighted by molar-refractivity contribution is -0.117. The standard InChI is InChI=1S/C11H10BrClN2OS/c1-11(2,12)10(16)15-8-6(13)3-4-7-9(8)14-5-17-7/h3-5H,1-2H3,(H,15,16). The fraction of sp³-hybridized carbons (Fsp3) is 0.273. The summed E-state index contributed by atoms with van der Waals surface area (Å²) in [6, 6.07) is 3.66. The van der Waals surface area contributed by atoms with E-state index in [0.29, 0.717) is 10.7 Å². The minimum absolute atomic E-state index is 0.153. The van der Waals surface area contributed by atoms with Crippen molar-refractivity contribution in [3.05, 3.63) is 22.7 Å². The second kappa shape index (κ2) is 4.55. The third-order valence-electron chi connectivity index (χ3n) is 2.23. The molecule has 0 aliphatic carbocycles. The fourth-order valence-corrected chi connectivity index (χ4v) is 2.27. The zero-order chi connectivity index (χ0) is 12.6. The number of halogens is 2. The van der Waals surface area contributed by atoms with E-state index in [-0.39, 0.29) is 5.91 Å². The summed E-state index contributed by atoms with van der Waals surface area (Å²) in [5, 5.41) is 3.30. The molecule has 0 saturated heterocycles. The molecule has 0 unspecified atom stereocenters. The number of anilines is 1. The summed E-state index contributed by atoms with van der Waals surface area (Å²) >= 11 is 10.9. The quantitative estimate of drug-likeness (QED) is 0.842. The first-order valence-electron chi connectivity index (χ1n) is 4.91. The Morgan fingerprint density at radius 2 is 2.24 bits per heavy atom. The molecule has 2 aromatic rings. The van der Waals surface area contributed by atoms with Gasteiger partial charge in [-0.05, 0) is 26.0 Å². The number of fused-ring (bicyclic) bond motifs is 1. The van der Waals surface area contributed by atoms with Crippen molar-refractivity contribution in [1.29, 1.82) is 0 Å². The maximum Gasteiger partial charge on any atom is 0.240 e. The van der Waals surface area contributed by atoms with E-state index < -0.39 is 4.32 Å². The largest absolute Gasteiger partial charge is 0.322 e. The number of hydrogen-bond donors (Lipinski definition) is 1. The molecular formula is C11H10BrClN2OS. The fourth-order valence-electron chi connectivity index (χ4n) is 1.29. The van der Waals surface area contributed by atoms with Crippen LogP contribution in [0.2, 0.25) is 5.02 Å². The van der Waals surface area contributed by atoms with E-state index >= 15 is 0 Å². The maximum atomic E-state index is 11.9. The number of alkyl halides is 1. The van der Waals surface area contributed by atoms with Crippen LogP contribution in [0.5, 0.6) is 0 Å². The molecule has 1 amide bonds. The van der Waals surface area contributed by atoms with Gasteiger partial charge in [0, 0.05) is 0 Å². The van der Waals surface area contributed by atoms with Gasteiger partial charge in [-0.2, -0.15) is 0 Å². The van der Waals surface area contributed by atoms with E-state index in [1.54, 1.807) is 25.4 Å². The molecule has 1 aromatic heterocycles. The Bertz CT molecular complexity index is 576. The molecule has 17 heavy (non-hydrogen) atoms. The Labute approximate surface area is 116 Å². The van der Waals surface area contributed by atoms with Crippen molar-refractivity contribution < 1.29 is 4.79 Å². The summed E-state index contributed by atoms with van der Waals surface area (Å²) in [7, 11) is 0. The summed E-state index contributed by atoms with van der Waals surface area (Å²) in [4.78, 5) is 16.1. The van der Waals surface area contributed by atoms with Crippen LogP contribution in [0.25, 0.3) is 10.2 Å². The monoisotopic (exact) mass is 332 g/mol. The minimum atomic E-state index is -0.644. The summed E-state index contributed by atoms with van der Waals surface area (Å²) in [5.74, 6) is -0.153. The van der Waals surface area contributed by atoms with E-state index in [1.165, 1.54) is 11.3 Å². The number of aromatic nitrogens is 1. The molecule has 3 nitrogen and oxygen atoms in total. The van der Waals surface area contributed by atoms with E-state index in [9.17, 15) is 4.79 Å². The summed E-state index contributed by atoms with van der Waals surface area (Å²) in [6.45, 7) is 3.55. The maximum absolute atomic E-state index is 11.9. The predicted molar refractivity (Wildman–Crippen MR) is 76.3 cm³/mol. The van der Waals surface area contributed by atoms with Gasteiger partial charge in [0.05, 0.1) is 25.2 Å². The van der Waals surface area contributed by atoms with Crippen molar-refractivity contribution in [2.24, 2.45) is 0 Å². The Kier molecular flexibility index (Phi) is 3.43. The van der Waals surface area contributed by atoms with Crippen molar-refractivity contribution in [2.75, 3.05) is 5.32 Å². The number of rotatable bonds is 2. The lowest BCUT2D eigenvalue weighted by Gasteiger charge is -2.16. The van der Waals surface area contributed by atoms with Crippen LogP contribution in [-0.2, 0) is 4.79 Å². The smallest absolute Gasteiger partial charge is 0.240 e.